The number of rotatable bonds is 9. The fourth-order valence-corrected chi connectivity index (χ4v) is 4.14. The van der Waals surface area contributed by atoms with Gasteiger partial charge < -0.3 is 14.0 Å². The van der Waals surface area contributed by atoms with Gasteiger partial charge in [0, 0.05) is 36.3 Å². The summed E-state index contributed by atoms with van der Waals surface area (Å²) in [5, 5.41) is 3.67. The molecular formula is C26H27N3O4S. The third-order valence-electron chi connectivity index (χ3n) is 5.66. The molecule has 176 valence electrons. The van der Waals surface area contributed by atoms with Gasteiger partial charge >= 0.3 is 0 Å². The molecule has 0 unspecified atom stereocenters. The Kier molecular flexibility index (Phi) is 7.40. The third-order valence-corrected chi connectivity index (χ3v) is 5.98. The van der Waals surface area contributed by atoms with E-state index in [2.05, 4.69) is 9.88 Å². The maximum atomic E-state index is 13.0. The second-order valence-electron chi connectivity index (χ2n) is 8.08. The van der Waals surface area contributed by atoms with Gasteiger partial charge in [0.1, 0.15) is 11.3 Å². The molecule has 1 aliphatic rings. The molecule has 8 heteroatoms. The van der Waals surface area contributed by atoms with E-state index < -0.39 is 11.8 Å². The van der Waals surface area contributed by atoms with Crippen LogP contribution in [0.15, 0.2) is 60.3 Å². The molecule has 0 aliphatic carbocycles. The zero-order valence-electron chi connectivity index (χ0n) is 19.2. The number of fused-ring (bicyclic) bond motifs is 1. The van der Waals surface area contributed by atoms with Crippen LogP contribution >= 0.6 is 12.2 Å². The van der Waals surface area contributed by atoms with Crippen LogP contribution in [-0.2, 0) is 20.9 Å². The zero-order chi connectivity index (χ0) is 24.1. The number of aromatic nitrogens is 1. The molecule has 2 aromatic carbocycles. The van der Waals surface area contributed by atoms with E-state index in [-0.39, 0.29) is 17.2 Å². The lowest BCUT2D eigenvalue weighted by molar-refractivity contribution is -0.129. The summed E-state index contributed by atoms with van der Waals surface area (Å²) in [6, 6.07) is 15.9. The van der Waals surface area contributed by atoms with Gasteiger partial charge in [0.25, 0.3) is 11.8 Å². The number of amides is 2. The summed E-state index contributed by atoms with van der Waals surface area (Å²) in [4.78, 5) is 26.9. The number of nitrogens with zero attached hydrogens (tertiary/aromatic N) is 2. The van der Waals surface area contributed by atoms with Gasteiger partial charge in [-0.05, 0) is 49.8 Å². The Morgan fingerprint density at radius 2 is 1.79 bits per heavy atom. The van der Waals surface area contributed by atoms with Gasteiger partial charge in [0.2, 0.25) is 0 Å². The van der Waals surface area contributed by atoms with Gasteiger partial charge in [-0.15, -0.1) is 0 Å². The van der Waals surface area contributed by atoms with Gasteiger partial charge in [0.05, 0.1) is 19.8 Å². The standard InChI is InChI=1S/C26H27N3O4S/c1-18-8-10-20(11-9-18)33-14-5-12-28-17-19(21-6-3-4-7-23(21)28)16-22-24(30)27-26(34)29(25(22)31)13-15-32-2/h3-4,6-11,16-17H,5,12-15H2,1-2H3,(H,27,30,34)/b22-16-. The van der Waals surface area contributed by atoms with Crippen LogP contribution in [0.5, 0.6) is 5.75 Å². The Morgan fingerprint density at radius 3 is 2.56 bits per heavy atom. The minimum absolute atomic E-state index is 0.0512. The predicted molar refractivity (Wildman–Crippen MR) is 136 cm³/mol. The Hall–Kier alpha value is -3.49. The predicted octanol–water partition coefficient (Wildman–Crippen LogP) is 3.69. The number of para-hydroxylation sites is 1. The molecule has 34 heavy (non-hydrogen) atoms. The number of nitrogens with one attached hydrogen (secondary N) is 1. The van der Waals surface area contributed by atoms with Crippen LogP contribution in [-0.4, -0.2) is 53.3 Å². The molecule has 1 saturated heterocycles. The number of benzene rings is 2. The Balaban J connectivity index is 1.53. The minimum Gasteiger partial charge on any atom is -0.494 e. The van der Waals surface area contributed by atoms with Crippen molar-refractivity contribution in [2.45, 2.75) is 19.9 Å². The van der Waals surface area contributed by atoms with E-state index in [9.17, 15) is 9.59 Å². The van der Waals surface area contributed by atoms with Crippen LogP contribution in [0.2, 0.25) is 0 Å². The first kappa shape index (κ1) is 23.7. The van der Waals surface area contributed by atoms with Gasteiger partial charge in [-0.1, -0.05) is 35.9 Å². The van der Waals surface area contributed by atoms with Crippen molar-refractivity contribution >= 4 is 46.1 Å². The first-order valence-corrected chi connectivity index (χ1v) is 11.5. The maximum absolute atomic E-state index is 13.0. The normalized spacial score (nSPS) is 15.3. The van der Waals surface area contributed by atoms with Gasteiger partial charge in [-0.2, -0.15) is 0 Å². The number of thiocarbonyl (C=S) groups is 1. The lowest BCUT2D eigenvalue weighted by Gasteiger charge is -2.28. The highest BCUT2D eigenvalue weighted by molar-refractivity contribution is 7.80. The maximum Gasteiger partial charge on any atom is 0.265 e. The van der Waals surface area contributed by atoms with Crippen molar-refractivity contribution in [2.75, 3.05) is 26.9 Å². The molecule has 1 N–H and O–H groups in total. The minimum atomic E-state index is -0.494. The molecule has 3 aromatic rings. The molecule has 0 atom stereocenters. The van der Waals surface area contributed by atoms with Gasteiger partial charge in [-0.25, -0.2) is 0 Å². The number of ether oxygens (including phenoxy) is 2. The summed E-state index contributed by atoms with van der Waals surface area (Å²) in [7, 11) is 1.55. The average molecular weight is 478 g/mol. The Bertz CT molecular complexity index is 1250. The molecule has 0 spiro atoms. The first-order valence-electron chi connectivity index (χ1n) is 11.1. The number of methoxy groups -OCH3 is 1. The molecule has 0 bridgehead atoms. The summed E-state index contributed by atoms with van der Waals surface area (Å²) in [6.45, 7) is 3.95. The zero-order valence-corrected chi connectivity index (χ0v) is 20.1. The lowest BCUT2D eigenvalue weighted by Crippen LogP contribution is -2.54. The second kappa shape index (κ2) is 10.6. The number of hydrogen-bond donors (Lipinski definition) is 1. The van der Waals surface area contributed by atoms with Gasteiger partial charge in [0.15, 0.2) is 5.11 Å². The van der Waals surface area contributed by atoms with Crippen LogP contribution in [0.4, 0.5) is 0 Å². The van der Waals surface area contributed by atoms with Crippen LogP contribution in [0.25, 0.3) is 17.0 Å². The summed E-state index contributed by atoms with van der Waals surface area (Å²) in [5.41, 5.74) is 3.07. The van der Waals surface area contributed by atoms with Gasteiger partial charge in [-0.3, -0.25) is 19.8 Å². The second-order valence-corrected chi connectivity index (χ2v) is 8.46. The van der Waals surface area contributed by atoms with Crippen molar-refractivity contribution < 1.29 is 19.1 Å². The van der Waals surface area contributed by atoms with E-state index >= 15 is 0 Å². The Labute approximate surface area is 203 Å². The number of aryl methyl sites for hydroxylation is 2. The number of carbonyl (C=O) groups is 2. The Morgan fingerprint density at radius 1 is 1.03 bits per heavy atom. The molecular weight excluding hydrogens is 450 g/mol. The smallest absolute Gasteiger partial charge is 0.265 e. The van der Waals surface area contributed by atoms with E-state index in [0.29, 0.717) is 13.2 Å². The van der Waals surface area contributed by atoms with Crippen LogP contribution < -0.4 is 10.1 Å². The molecule has 0 saturated carbocycles. The number of carbonyl (C=O) groups excluding carboxylic acids is 2. The molecule has 1 aliphatic heterocycles. The number of hydrogen-bond acceptors (Lipinski definition) is 5. The summed E-state index contributed by atoms with van der Waals surface area (Å²) < 4.78 is 13.0. The lowest BCUT2D eigenvalue weighted by atomic mass is 10.1. The van der Waals surface area contributed by atoms with Crippen LogP contribution in [0, 0.1) is 6.92 Å². The molecule has 7 nitrogen and oxygen atoms in total. The highest BCUT2D eigenvalue weighted by Crippen LogP contribution is 2.25. The van der Waals surface area contributed by atoms with Crippen molar-refractivity contribution in [3.8, 4) is 5.75 Å². The monoisotopic (exact) mass is 477 g/mol. The molecule has 1 fully saturated rings. The molecule has 2 amide bonds. The fraction of sp³-hybridized carbons (Fsp3) is 0.269. The van der Waals surface area contributed by atoms with Crippen molar-refractivity contribution in [3.63, 3.8) is 0 Å². The van der Waals surface area contributed by atoms with Crippen LogP contribution in [0.1, 0.15) is 17.5 Å². The highest BCUT2D eigenvalue weighted by Gasteiger charge is 2.33. The van der Waals surface area contributed by atoms with Crippen molar-refractivity contribution in [3.05, 3.63) is 71.4 Å². The van der Waals surface area contributed by atoms with E-state index in [1.807, 2.05) is 61.7 Å². The molecule has 4 rings (SSSR count). The summed E-state index contributed by atoms with van der Waals surface area (Å²) in [5.74, 6) is -0.0627. The van der Waals surface area contributed by atoms with Crippen LogP contribution in [0.3, 0.4) is 0 Å². The van der Waals surface area contributed by atoms with E-state index in [0.717, 1.165) is 35.2 Å². The first-order chi connectivity index (χ1) is 16.5. The fourth-order valence-electron chi connectivity index (χ4n) is 3.87. The summed E-state index contributed by atoms with van der Waals surface area (Å²) in [6.07, 6.45) is 4.42. The summed E-state index contributed by atoms with van der Waals surface area (Å²) >= 11 is 5.17. The third kappa shape index (κ3) is 5.18. The largest absolute Gasteiger partial charge is 0.494 e. The molecule has 1 aromatic heterocycles. The average Bonchev–Trinajstić information content (AvgIpc) is 3.18. The van der Waals surface area contributed by atoms with E-state index in [1.165, 1.54) is 10.5 Å². The molecule has 2 heterocycles. The van der Waals surface area contributed by atoms with Crippen molar-refractivity contribution in [1.29, 1.82) is 0 Å². The molecule has 0 radical (unpaired) electrons. The van der Waals surface area contributed by atoms with E-state index in [4.69, 9.17) is 21.7 Å². The topological polar surface area (TPSA) is 72.8 Å². The van der Waals surface area contributed by atoms with Crippen molar-refractivity contribution in [2.24, 2.45) is 0 Å². The quantitative estimate of drug-likeness (QED) is 0.220. The van der Waals surface area contributed by atoms with E-state index in [1.54, 1.807) is 13.2 Å². The highest BCUT2D eigenvalue weighted by atomic mass is 32.1. The van der Waals surface area contributed by atoms with Crippen molar-refractivity contribution in [1.82, 2.24) is 14.8 Å². The SMILES string of the molecule is COCCN1C(=O)/C(=C\c2cn(CCCOc3ccc(C)cc3)c3ccccc23)C(=O)NC1=S.